The van der Waals surface area contributed by atoms with Crippen LogP contribution in [0.1, 0.15) is 367 Å². The molecule has 0 rings (SSSR count). The van der Waals surface area contributed by atoms with E-state index in [-0.39, 0.29) is 31.1 Å². The minimum absolute atomic E-state index is 0.0767. The normalized spacial score (nSPS) is 12.5. The number of carbonyl (C=O) groups is 3. The Morgan fingerprint density at radius 1 is 0.247 bits per heavy atom. The molecule has 0 fully saturated rings. The third-order valence-corrected chi connectivity index (χ3v) is 15.7. The summed E-state index contributed by atoms with van der Waals surface area (Å²) < 4.78 is 17.0. The average Bonchev–Trinajstić information content (AvgIpc) is 3.47. The second kappa shape index (κ2) is 69.3. The molecule has 0 aliphatic heterocycles. The first-order chi connectivity index (χ1) is 40.0. The number of esters is 3. The van der Waals surface area contributed by atoms with E-state index in [1.54, 1.807) is 0 Å². The van der Waals surface area contributed by atoms with Crippen molar-refractivity contribution < 1.29 is 28.6 Å². The molecular weight excluding hydrogens is 997 g/mol. The maximum atomic E-state index is 12.9. The van der Waals surface area contributed by atoms with Crippen LogP contribution in [0.2, 0.25) is 0 Å². The van der Waals surface area contributed by atoms with Gasteiger partial charge in [-0.15, -0.1) is 0 Å². The van der Waals surface area contributed by atoms with Gasteiger partial charge in [-0.3, -0.25) is 14.4 Å². The summed E-state index contributed by atoms with van der Waals surface area (Å²) >= 11 is 0. The van der Waals surface area contributed by atoms with Crippen LogP contribution in [0.4, 0.5) is 0 Å². The van der Waals surface area contributed by atoms with Gasteiger partial charge in [0.2, 0.25) is 0 Å². The number of hydrogen-bond acceptors (Lipinski definition) is 6. The SMILES string of the molecule is CCCCC/C=C\C/C=C\C/C=C\CCCCCCCCC(=O)OC(COC(=O)CCCCCCCCCCCCCCCCC)COC(=O)CCCCCCCCCCCCCCCC/C=C\C/C=C\C/C=C\CCCCCCC. The summed E-state index contributed by atoms with van der Waals surface area (Å²) in [5, 5.41) is 0. The summed E-state index contributed by atoms with van der Waals surface area (Å²) in [5.41, 5.74) is 0. The third-order valence-electron chi connectivity index (χ3n) is 15.7. The van der Waals surface area contributed by atoms with E-state index in [4.69, 9.17) is 14.2 Å². The van der Waals surface area contributed by atoms with E-state index in [2.05, 4.69) is 93.7 Å². The Morgan fingerprint density at radius 2 is 0.444 bits per heavy atom. The molecule has 0 saturated carbocycles. The lowest BCUT2D eigenvalue weighted by Gasteiger charge is -2.18. The number of unbranched alkanes of at least 4 members (excludes halogenated alkanes) is 42. The van der Waals surface area contributed by atoms with Gasteiger partial charge in [0.1, 0.15) is 13.2 Å². The quantitative estimate of drug-likeness (QED) is 0.0261. The zero-order chi connectivity index (χ0) is 58.5. The molecule has 6 heteroatoms. The Kier molecular flexibility index (Phi) is 66.6. The highest BCUT2D eigenvalue weighted by molar-refractivity contribution is 5.71. The Morgan fingerprint density at radius 3 is 0.716 bits per heavy atom. The summed E-state index contributed by atoms with van der Waals surface area (Å²) in [6, 6.07) is 0. The van der Waals surface area contributed by atoms with Crippen molar-refractivity contribution in [1.82, 2.24) is 0 Å². The van der Waals surface area contributed by atoms with Gasteiger partial charge in [0, 0.05) is 19.3 Å². The van der Waals surface area contributed by atoms with Gasteiger partial charge in [-0.2, -0.15) is 0 Å². The lowest BCUT2D eigenvalue weighted by atomic mass is 10.0. The molecule has 0 N–H and O–H groups in total. The Hall–Kier alpha value is -3.15. The van der Waals surface area contributed by atoms with Gasteiger partial charge >= 0.3 is 17.9 Å². The first kappa shape index (κ1) is 77.9. The molecule has 0 saturated heterocycles. The van der Waals surface area contributed by atoms with E-state index in [0.717, 1.165) is 96.3 Å². The second-order valence-corrected chi connectivity index (χ2v) is 23.8. The van der Waals surface area contributed by atoms with E-state index in [1.165, 1.54) is 231 Å². The standard InChI is InChI=1S/C75H134O6/c1-4-7-10-13-16-19-22-25-28-30-32-33-34-35-36-37-38-39-40-41-43-44-47-50-53-56-59-62-65-68-74(77)80-71-72(70-79-73(76)67-64-61-58-55-52-49-46-27-24-21-18-15-12-9-6-3)81-75(78)69-66-63-60-57-54-51-48-45-42-31-29-26-23-20-17-14-11-8-5-2/h17,20,22,25-26,29-30,32,34-35,42,45,72H,4-16,18-19,21,23-24,27-28,31,33,36-41,43-44,46-71H2,1-3H3/b20-17-,25-22-,29-26-,32-30-,35-34-,45-42-. The van der Waals surface area contributed by atoms with Gasteiger partial charge in [0.05, 0.1) is 0 Å². The minimum Gasteiger partial charge on any atom is -0.462 e. The smallest absolute Gasteiger partial charge is 0.306 e. The summed E-state index contributed by atoms with van der Waals surface area (Å²) in [5.74, 6) is -0.868. The van der Waals surface area contributed by atoms with Gasteiger partial charge in [-0.1, -0.05) is 325 Å². The van der Waals surface area contributed by atoms with Crippen molar-refractivity contribution in [3.05, 3.63) is 72.9 Å². The highest BCUT2D eigenvalue weighted by Crippen LogP contribution is 2.18. The molecule has 81 heavy (non-hydrogen) atoms. The molecule has 0 aromatic rings. The highest BCUT2D eigenvalue weighted by Gasteiger charge is 2.19. The van der Waals surface area contributed by atoms with Crippen molar-refractivity contribution >= 4 is 17.9 Å². The van der Waals surface area contributed by atoms with Crippen molar-refractivity contribution in [3.8, 4) is 0 Å². The van der Waals surface area contributed by atoms with Gasteiger partial charge in [0.25, 0.3) is 0 Å². The van der Waals surface area contributed by atoms with Crippen LogP contribution >= 0.6 is 0 Å². The van der Waals surface area contributed by atoms with Crippen molar-refractivity contribution in [3.63, 3.8) is 0 Å². The predicted octanol–water partition coefficient (Wildman–Crippen LogP) is 24.4. The van der Waals surface area contributed by atoms with Crippen LogP contribution in [0.5, 0.6) is 0 Å². The summed E-state index contributed by atoms with van der Waals surface area (Å²) in [6.45, 7) is 6.64. The molecule has 0 aliphatic carbocycles. The van der Waals surface area contributed by atoms with Crippen LogP contribution in [0.15, 0.2) is 72.9 Å². The van der Waals surface area contributed by atoms with E-state index in [9.17, 15) is 14.4 Å². The van der Waals surface area contributed by atoms with Gasteiger partial charge in [-0.25, -0.2) is 0 Å². The molecule has 1 atom stereocenters. The molecule has 0 aliphatic rings. The second-order valence-electron chi connectivity index (χ2n) is 23.8. The monoisotopic (exact) mass is 1130 g/mol. The first-order valence-corrected chi connectivity index (χ1v) is 35.4. The Bertz CT molecular complexity index is 1490. The fraction of sp³-hybridized carbons (Fsp3) is 0.800. The van der Waals surface area contributed by atoms with E-state index in [0.29, 0.717) is 19.3 Å². The Labute approximate surface area is 503 Å². The summed E-state index contributed by atoms with van der Waals surface area (Å²) in [7, 11) is 0. The number of allylic oxidation sites excluding steroid dienone is 12. The van der Waals surface area contributed by atoms with E-state index < -0.39 is 6.10 Å². The van der Waals surface area contributed by atoms with Crippen LogP contribution < -0.4 is 0 Å². The summed E-state index contributed by atoms with van der Waals surface area (Å²) in [4.78, 5) is 38.4. The lowest BCUT2D eigenvalue weighted by Crippen LogP contribution is -2.30. The number of rotatable bonds is 65. The largest absolute Gasteiger partial charge is 0.462 e. The van der Waals surface area contributed by atoms with Gasteiger partial charge in [0.15, 0.2) is 6.10 Å². The number of ether oxygens (including phenoxy) is 3. The first-order valence-electron chi connectivity index (χ1n) is 35.4. The Balaban J connectivity index is 4.28. The zero-order valence-corrected chi connectivity index (χ0v) is 54.1. The number of carbonyl (C=O) groups excluding carboxylic acids is 3. The molecule has 0 radical (unpaired) electrons. The number of hydrogen-bond donors (Lipinski definition) is 0. The molecular formula is C75H134O6. The fourth-order valence-corrected chi connectivity index (χ4v) is 10.3. The van der Waals surface area contributed by atoms with Crippen LogP contribution in [-0.4, -0.2) is 37.2 Å². The van der Waals surface area contributed by atoms with Crippen molar-refractivity contribution in [2.75, 3.05) is 13.2 Å². The van der Waals surface area contributed by atoms with Gasteiger partial charge in [-0.05, 0) is 96.3 Å². The molecule has 0 heterocycles. The fourth-order valence-electron chi connectivity index (χ4n) is 10.3. The minimum atomic E-state index is -0.782. The molecule has 0 amide bonds. The van der Waals surface area contributed by atoms with Crippen LogP contribution in [0.3, 0.4) is 0 Å². The molecule has 0 aromatic carbocycles. The molecule has 0 bridgehead atoms. The molecule has 0 aromatic heterocycles. The highest BCUT2D eigenvalue weighted by atomic mass is 16.6. The van der Waals surface area contributed by atoms with Crippen molar-refractivity contribution in [2.24, 2.45) is 0 Å². The maximum Gasteiger partial charge on any atom is 0.306 e. The van der Waals surface area contributed by atoms with Crippen molar-refractivity contribution in [2.45, 2.75) is 374 Å². The van der Waals surface area contributed by atoms with Crippen LogP contribution in [-0.2, 0) is 28.6 Å². The molecule has 1 unspecified atom stereocenters. The molecule has 470 valence electrons. The molecule has 0 spiro atoms. The third kappa shape index (κ3) is 67.5. The van der Waals surface area contributed by atoms with Crippen LogP contribution in [0.25, 0.3) is 0 Å². The topological polar surface area (TPSA) is 78.9 Å². The predicted molar refractivity (Wildman–Crippen MR) is 353 cm³/mol. The molecule has 6 nitrogen and oxygen atoms in total. The van der Waals surface area contributed by atoms with E-state index in [1.807, 2.05) is 0 Å². The maximum absolute atomic E-state index is 12.9. The average molecular weight is 1130 g/mol. The van der Waals surface area contributed by atoms with Crippen molar-refractivity contribution in [1.29, 1.82) is 0 Å². The van der Waals surface area contributed by atoms with Crippen LogP contribution in [0, 0.1) is 0 Å². The summed E-state index contributed by atoms with van der Waals surface area (Å²) in [6.07, 6.45) is 90.6. The van der Waals surface area contributed by atoms with E-state index >= 15 is 0 Å². The van der Waals surface area contributed by atoms with Gasteiger partial charge < -0.3 is 14.2 Å². The lowest BCUT2D eigenvalue weighted by molar-refractivity contribution is -0.167. The zero-order valence-electron chi connectivity index (χ0n) is 54.1.